The van der Waals surface area contributed by atoms with E-state index in [2.05, 4.69) is 5.32 Å². The van der Waals surface area contributed by atoms with Gasteiger partial charge in [0.1, 0.15) is 18.4 Å². The van der Waals surface area contributed by atoms with E-state index in [1.54, 1.807) is 13.0 Å². The number of halogens is 1. The molecule has 0 aliphatic carbocycles. The van der Waals surface area contributed by atoms with Crippen LogP contribution in [0.25, 0.3) is 0 Å². The van der Waals surface area contributed by atoms with Crippen LogP contribution in [0, 0.1) is 5.82 Å². The Kier molecular flexibility index (Phi) is 9.91. The van der Waals surface area contributed by atoms with Crippen molar-refractivity contribution in [1.29, 1.82) is 0 Å². The highest BCUT2D eigenvalue weighted by Crippen LogP contribution is 2.32. The van der Waals surface area contributed by atoms with Crippen LogP contribution >= 0.6 is 0 Å². The molecule has 0 fully saturated rings. The molecule has 2 aromatic rings. The molecule has 0 spiro atoms. The fourth-order valence-corrected chi connectivity index (χ4v) is 4.59. The minimum absolute atomic E-state index is 0.0152. The number of amides is 2. The van der Waals surface area contributed by atoms with E-state index in [1.165, 1.54) is 55.5 Å². The number of carbonyl (C=O) groups is 2. The lowest BCUT2D eigenvalue weighted by atomic mass is 10.1. The molecular weight excluding hydrogens is 501 g/mol. The van der Waals surface area contributed by atoms with Crippen LogP contribution in [-0.4, -0.2) is 63.7 Å². The van der Waals surface area contributed by atoms with Gasteiger partial charge in [0, 0.05) is 18.2 Å². The molecule has 11 heteroatoms. The topological polar surface area (TPSA) is 105 Å². The third kappa shape index (κ3) is 8.34. The van der Waals surface area contributed by atoms with Crippen molar-refractivity contribution in [3.63, 3.8) is 0 Å². The largest absolute Gasteiger partial charge is 0.493 e. The van der Waals surface area contributed by atoms with Crippen LogP contribution in [-0.2, 0) is 26.2 Å². The highest BCUT2D eigenvalue weighted by Gasteiger charge is 2.33. The summed E-state index contributed by atoms with van der Waals surface area (Å²) in [6.45, 7) is 6.67. The number of rotatable bonds is 11. The zero-order valence-corrected chi connectivity index (χ0v) is 23.2. The van der Waals surface area contributed by atoms with Crippen molar-refractivity contribution in [1.82, 2.24) is 10.2 Å². The van der Waals surface area contributed by atoms with Gasteiger partial charge in [-0.15, -0.1) is 0 Å². The van der Waals surface area contributed by atoms with Crippen LogP contribution < -0.4 is 19.1 Å². The summed E-state index contributed by atoms with van der Waals surface area (Å²) in [5.74, 6) is -0.715. The predicted octanol–water partition coefficient (Wildman–Crippen LogP) is 3.33. The summed E-state index contributed by atoms with van der Waals surface area (Å²) in [7, 11) is -1.04. The summed E-state index contributed by atoms with van der Waals surface area (Å²) in [4.78, 5) is 28.2. The molecule has 37 heavy (non-hydrogen) atoms. The molecule has 0 heterocycles. The fraction of sp³-hybridized carbons (Fsp3) is 0.462. The van der Waals surface area contributed by atoms with Crippen molar-refractivity contribution in [3.05, 3.63) is 53.8 Å². The summed E-state index contributed by atoms with van der Waals surface area (Å²) in [5, 5.41) is 2.89. The van der Waals surface area contributed by atoms with Gasteiger partial charge in [0.15, 0.2) is 11.5 Å². The van der Waals surface area contributed by atoms with Gasteiger partial charge in [0.05, 0.1) is 26.2 Å². The first-order valence-corrected chi connectivity index (χ1v) is 13.6. The zero-order valence-electron chi connectivity index (χ0n) is 22.4. The third-order valence-electron chi connectivity index (χ3n) is 5.48. The lowest BCUT2D eigenvalue weighted by Crippen LogP contribution is -2.55. The first kappa shape index (κ1) is 29.9. The van der Waals surface area contributed by atoms with Crippen molar-refractivity contribution in [2.24, 2.45) is 0 Å². The van der Waals surface area contributed by atoms with E-state index in [9.17, 15) is 22.4 Å². The molecule has 1 N–H and O–H groups in total. The maximum atomic E-state index is 13.7. The summed E-state index contributed by atoms with van der Waals surface area (Å²) in [5.41, 5.74) is 0.240. The van der Waals surface area contributed by atoms with Crippen LogP contribution in [0.15, 0.2) is 42.5 Å². The highest BCUT2D eigenvalue weighted by atomic mass is 32.2. The van der Waals surface area contributed by atoms with E-state index in [1.807, 2.05) is 20.8 Å². The molecule has 0 aliphatic rings. The Balaban J connectivity index is 2.50. The van der Waals surface area contributed by atoms with Crippen molar-refractivity contribution in [2.75, 3.05) is 31.3 Å². The van der Waals surface area contributed by atoms with Gasteiger partial charge < -0.3 is 19.7 Å². The van der Waals surface area contributed by atoms with E-state index in [0.717, 1.165) is 10.6 Å². The molecule has 0 saturated heterocycles. The number of anilines is 1. The minimum Gasteiger partial charge on any atom is -0.493 e. The zero-order chi connectivity index (χ0) is 28.0. The average Bonchev–Trinajstić information content (AvgIpc) is 2.81. The van der Waals surface area contributed by atoms with E-state index in [0.29, 0.717) is 17.1 Å². The second kappa shape index (κ2) is 12.3. The Bertz CT molecular complexity index is 1200. The normalized spacial score (nSPS) is 12.4. The Labute approximate surface area is 218 Å². The SMILES string of the molecule is CC[C@@H](C(=O)NC(C)(C)C)N(Cc1ccc(F)cc1)C(=O)CN(c1ccc(OC)c(OC)c1)S(C)(=O)=O. The summed E-state index contributed by atoms with van der Waals surface area (Å²) in [6, 6.07) is 9.19. The lowest BCUT2D eigenvalue weighted by Gasteiger charge is -2.34. The van der Waals surface area contributed by atoms with Gasteiger partial charge >= 0.3 is 0 Å². The Morgan fingerprint density at radius 2 is 1.62 bits per heavy atom. The number of methoxy groups -OCH3 is 2. The first-order valence-electron chi connectivity index (χ1n) is 11.8. The number of hydrogen-bond acceptors (Lipinski definition) is 6. The van der Waals surface area contributed by atoms with Crippen LogP contribution in [0.4, 0.5) is 10.1 Å². The maximum absolute atomic E-state index is 13.7. The van der Waals surface area contributed by atoms with Crippen molar-refractivity contribution < 1.29 is 31.9 Å². The van der Waals surface area contributed by atoms with Crippen molar-refractivity contribution in [2.45, 2.75) is 52.2 Å². The summed E-state index contributed by atoms with van der Waals surface area (Å²) < 4.78 is 50.5. The van der Waals surface area contributed by atoms with E-state index in [4.69, 9.17) is 9.47 Å². The number of hydrogen-bond donors (Lipinski definition) is 1. The van der Waals surface area contributed by atoms with E-state index < -0.39 is 39.9 Å². The molecule has 0 radical (unpaired) electrons. The summed E-state index contributed by atoms with van der Waals surface area (Å²) >= 11 is 0. The molecule has 204 valence electrons. The van der Waals surface area contributed by atoms with Gasteiger partial charge in [0.25, 0.3) is 0 Å². The molecule has 1 atom stereocenters. The molecule has 0 unspecified atom stereocenters. The van der Waals surface area contributed by atoms with Crippen LogP contribution in [0.1, 0.15) is 39.7 Å². The van der Waals surface area contributed by atoms with E-state index >= 15 is 0 Å². The molecule has 2 aromatic carbocycles. The Morgan fingerprint density at radius 3 is 2.11 bits per heavy atom. The van der Waals surface area contributed by atoms with Gasteiger partial charge in [-0.2, -0.15) is 0 Å². The molecule has 0 aliphatic heterocycles. The number of nitrogens with one attached hydrogen (secondary N) is 1. The van der Waals surface area contributed by atoms with Gasteiger partial charge in [0.2, 0.25) is 21.8 Å². The van der Waals surface area contributed by atoms with Gasteiger partial charge in [-0.1, -0.05) is 19.1 Å². The van der Waals surface area contributed by atoms with Crippen molar-refractivity contribution in [3.8, 4) is 11.5 Å². The first-order chi connectivity index (χ1) is 17.2. The third-order valence-corrected chi connectivity index (χ3v) is 6.63. The van der Waals surface area contributed by atoms with Gasteiger partial charge in [-0.05, 0) is 57.0 Å². The highest BCUT2D eigenvalue weighted by molar-refractivity contribution is 7.92. The van der Waals surface area contributed by atoms with Gasteiger partial charge in [-0.25, -0.2) is 12.8 Å². The Morgan fingerprint density at radius 1 is 1.03 bits per heavy atom. The number of sulfonamides is 1. The number of carbonyl (C=O) groups excluding carboxylic acids is 2. The maximum Gasteiger partial charge on any atom is 0.244 e. The van der Waals surface area contributed by atoms with Crippen LogP contribution in [0.5, 0.6) is 11.5 Å². The van der Waals surface area contributed by atoms with Gasteiger partial charge in [-0.3, -0.25) is 13.9 Å². The summed E-state index contributed by atoms with van der Waals surface area (Å²) in [6.07, 6.45) is 1.27. The second-order valence-electron chi connectivity index (χ2n) is 9.62. The van der Waals surface area contributed by atoms with Crippen LogP contribution in [0.2, 0.25) is 0 Å². The second-order valence-corrected chi connectivity index (χ2v) is 11.5. The van der Waals surface area contributed by atoms with Crippen molar-refractivity contribution >= 4 is 27.5 Å². The minimum atomic E-state index is -3.91. The molecular formula is C26H36FN3O6S. The smallest absolute Gasteiger partial charge is 0.244 e. The van der Waals surface area contributed by atoms with Crippen LogP contribution in [0.3, 0.4) is 0 Å². The molecule has 9 nitrogen and oxygen atoms in total. The Hall–Kier alpha value is -3.34. The molecule has 2 rings (SSSR count). The number of benzene rings is 2. The quantitative estimate of drug-likeness (QED) is 0.472. The average molecular weight is 538 g/mol. The fourth-order valence-electron chi connectivity index (χ4n) is 3.75. The molecule has 0 saturated carbocycles. The molecule has 0 aromatic heterocycles. The number of nitrogens with zero attached hydrogens (tertiary/aromatic N) is 2. The molecule has 2 amide bonds. The molecule has 0 bridgehead atoms. The lowest BCUT2D eigenvalue weighted by molar-refractivity contribution is -0.141. The van der Waals surface area contributed by atoms with E-state index in [-0.39, 0.29) is 24.6 Å². The monoisotopic (exact) mass is 537 g/mol. The standard InChI is InChI=1S/C26H36FN3O6S/c1-8-21(25(32)28-26(2,3)4)29(16-18-9-11-19(27)12-10-18)24(31)17-30(37(7,33)34)20-13-14-22(35-5)23(15-20)36-6/h9-15,21H,8,16-17H2,1-7H3,(H,28,32)/t21-/m0/s1. The number of ether oxygens (including phenoxy) is 2. The predicted molar refractivity (Wildman–Crippen MR) is 141 cm³/mol.